The van der Waals surface area contributed by atoms with Gasteiger partial charge in [-0.2, -0.15) is 0 Å². The lowest BCUT2D eigenvalue weighted by Crippen LogP contribution is -2.38. The Balaban J connectivity index is 1.63. The zero-order valence-electron chi connectivity index (χ0n) is 16.1. The van der Waals surface area contributed by atoms with E-state index < -0.39 is 5.41 Å². The van der Waals surface area contributed by atoms with Gasteiger partial charge < -0.3 is 19.9 Å². The van der Waals surface area contributed by atoms with E-state index in [4.69, 9.17) is 4.74 Å². The largest absolute Gasteiger partial charge is 0.378 e. The minimum Gasteiger partial charge on any atom is -0.378 e. The van der Waals surface area contributed by atoms with E-state index in [1.54, 1.807) is 12.3 Å². The van der Waals surface area contributed by atoms with Crippen LogP contribution in [0.4, 0.5) is 15.8 Å². The van der Waals surface area contributed by atoms with Gasteiger partial charge in [-0.3, -0.25) is 4.79 Å². The van der Waals surface area contributed by atoms with Gasteiger partial charge in [-0.1, -0.05) is 12.1 Å². The fraction of sp³-hybridized carbons (Fsp3) is 0.318. The normalized spacial score (nSPS) is 15.0. The quantitative estimate of drug-likeness (QED) is 0.717. The van der Waals surface area contributed by atoms with Gasteiger partial charge in [0.05, 0.1) is 30.0 Å². The molecule has 1 saturated heterocycles. The van der Waals surface area contributed by atoms with E-state index in [0.29, 0.717) is 13.2 Å². The molecule has 0 spiro atoms. The van der Waals surface area contributed by atoms with E-state index in [0.717, 1.165) is 40.9 Å². The van der Waals surface area contributed by atoms with Crippen molar-refractivity contribution in [3.8, 4) is 0 Å². The topological polar surface area (TPSA) is 57.4 Å². The molecular weight excluding hydrogens is 357 g/mol. The molecule has 6 heteroatoms. The van der Waals surface area contributed by atoms with E-state index in [1.165, 1.54) is 12.1 Å². The van der Waals surface area contributed by atoms with E-state index in [-0.39, 0.29) is 11.7 Å². The second-order valence-corrected chi connectivity index (χ2v) is 7.59. The number of hydrogen-bond acceptors (Lipinski definition) is 3. The number of para-hydroxylation sites is 2. The van der Waals surface area contributed by atoms with Crippen LogP contribution in [0.2, 0.25) is 0 Å². The smallest absolute Gasteiger partial charge is 0.234 e. The Morgan fingerprint density at radius 1 is 1.18 bits per heavy atom. The van der Waals surface area contributed by atoms with Crippen LogP contribution in [0.1, 0.15) is 19.4 Å². The lowest BCUT2D eigenvalue weighted by molar-refractivity contribution is -0.120. The van der Waals surface area contributed by atoms with Gasteiger partial charge in [0, 0.05) is 30.2 Å². The number of fused-ring (bicyclic) bond motifs is 1. The molecule has 1 aliphatic rings. The van der Waals surface area contributed by atoms with Crippen LogP contribution in [0.5, 0.6) is 0 Å². The number of aromatic amines is 1. The molecule has 1 aromatic heterocycles. The Morgan fingerprint density at radius 2 is 1.93 bits per heavy atom. The highest BCUT2D eigenvalue weighted by Gasteiger charge is 2.33. The molecule has 5 nitrogen and oxygen atoms in total. The monoisotopic (exact) mass is 381 g/mol. The molecule has 1 amide bonds. The van der Waals surface area contributed by atoms with Gasteiger partial charge in [-0.25, -0.2) is 4.39 Å². The third-order valence-corrected chi connectivity index (χ3v) is 5.39. The summed E-state index contributed by atoms with van der Waals surface area (Å²) in [4.78, 5) is 18.6. The molecule has 0 bridgehead atoms. The molecule has 2 heterocycles. The predicted molar refractivity (Wildman–Crippen MR) is 109 cm³/mol. The van der Waals surface area contributed by atoms with Gasteiger partial charge >= 0.3 is 0 Å². The number of hydrogen-bond donors (Lipinski definition) is 2. The molecule has 0 atom stereocenters. The summed E-state index contributed by atoms with van der Waals surface area (Å²) in [6, 6.07) is 12.4. The standard InChI is InChI=1S/C22H24FN3O2/c1-22(2,17-14-24-18-8-7-15(23)13-16(17)18)21(27)25-19-5-3-4-6-20(19)26-9-11-28-12-10-26/h3-8,13-14,24H,9-12H2,1-2H3,(H,25,27). The van der Waals surface area contributed by atoms with Crippen molar-refractivity contribution in [2.45, 2.75) is 19.3 Å². The summed E-state index contributed by atoms with van der Waals surface area (Å²) in [5, 5.41) is 3.81. The lowest BCUT2D eigenvalue weighted by atomic mass is 9.83. The number of benzene rings is 2. The highest BCUT2D eigenvalue weighted by atomic mass is 19.1. The summed E-state index contributed by atoms with van der Waals surface area (Å²) in [5.41, 5.74) is 2.49. The zero-order valence-corrected chi connectivity index (χ0v) is 16.1. The summed E-state index contributed by atoms with van der Waals surface area (Å²) in [6.07, 6.45) is 1.79. The number of carbonyl (C=O) groups is 1. The second-order valence-electron chi connectivity index (χ2n) is 7.59. The van der Waals surface area contributed by atoms with E-state index in [9.17, 15) is 9.18 Å². The van der Waals surface area contributed by atoms with Gasteiger partial charge in [-0.15, -0.1) is 0 Å². The second kappa shape index (κ2) is 7.28. The number of nitrogens with one attached hydrogen (secondary N) is 2. The highest BCUT2D eigenvalue weighted by molar-refractivity contribution is 6.03. The van der Waals surface area contributed by atoms with Crippen LogP contribution < -0.4 is 10.2 Å². The third-order valence-electron chi connectivity index (χ3n) is 5.39. The lowest BCUT2D eigenvalue weighted by Gasteiger charge is -2.31. The summed E-state index contributed by atoms with van der Waals surface area (Å²) < 4.78 is 19.2. The fourth-order valence-corrected chi connectivity index (χ4v) is 3.67. The summed E-state index contributed by atoms with van der Waals surface area (Å²) in [5.74, 6) is -0.458. The van der Waals surface area contributed by atoms with Gasteiger partial charge in [0.25, 0.3) is 0 Å². The molecule has 28 heavy (non-hydrogen) atoms. The molecule has 3 aromatic rings. The number of halogens is 1. The summed E-state index contributed by atoms with van der Waals surface area (Å²) in [7, 11) is 0. The Bertz CT molecular complexity index is 1010. The number of H-pyrrole nitrogens is 1. The number of ether oxygens (including phenoxy) is 1. The number of aromatic nitrogens is 1. The maximum atomic E-state index is 13.8. The van der Waals surface area contributed by atoms with Crippen molar-refractivity contribution in [1.82, 2.24) is 4.98 Å². The maximum Gasteiger partial charge on any atom is 0.234 e. The minimum atomic E-state index is -0.843. The molecule has 0 aliphatic carbocycles. The van der Waals surface area contributed by atoms with Crippen molar-refractivity contribution < 1.29 is 13.9 Å². The maximum absolute atomic E-state index is 13.8. The molecule has 2 aromatic carbocycles. The van der Waals surface area contributed by atoms with Crippen molar-refractivity contribution in [3.63, 3.8) is 0 Å². The molecule has 1 aliphatic heterocycles. The SMILES string of the molecule is CC(C)(C(=O)Nc1ccccc1N1CCOCC1)c1c[nH]c2ccc(F)cc12. The fourth-order valence-electron chi connectivity index (χ4n) is 3.67. The van der Waals surface area contributed by atoms with Crippen molar-refractivity contribution in [1.29, 1.82) is 0 Å². The number of morpholine rings is 1. The molecule has 2 N–H and O–H groups in total. The number of rotatable bonds is 4. The predicted octanol–water partition coefficient (Wildman–Crippen LogP) is 4.06. The molecule has 0 unspecified atom stereocenters. The molecule has 4 rings (SSSR count). The Kier molecular flexibility index (Phi) is 4.81. The molecular formula is C22H24FN3O2. The molecule has 146 valence electrons. The van der Waals surface area contributed by atoms with Crippen LogP contribution in [0.15, 0.2) is 48.7 Å². The van der Waals surface area contributed by atoms with E-state index >= 15 is 0 Å². The molecule has 0 radical (unpaired) electrons. The zero-order chi connectivity index (χ0) is 19.7. The summed E-state index contributed by atoms with van der Waals surface area (Å²) >= 11 is 0. The average Bonchev–Trinajstić information content (AvgIpc) is 3.13. The van der Waals surface area contributed by atoms with Crippen LogP contribution in [0.3, 0.4) is 0 Å². The number of carbonyl (C=O) groups excluding carboxylic acids is 1. The minimum absolute atomic E-state index is 0.140. The first kappa shape index (κ1) is 18.5. The first-order valence-electron chi connectivity index (χ1n) is 9.47. The van der Waals surface area contributed by atoms with Gasteiger partial charge in [-0.05, 0) is 49.7 Å². The first-order valence-corrected chi connectivity index (χ1v) is 9.47. The van der Waals surface area contributed by atoms with Gasteiger partial charge in [0.1, 0.15) is 5.82 Å². The van der Waals surface area contributed by atoms with Crippen molar-refractivity contribution in [2.75, 3.05) is 36.5 Å². The Labute approximate surface area is 163 Å². The van der Waals surface area contributed by atoms with Gasteiger partial charge in [0.15, 0.2) is 0 Å². The van der Waals surface area contributed by atoms with Crippen LogP contribution in [-0.4, -0.2) is 37.2 Å². The molecule has 1 fully saturated rings. The van der Waals surface area contributed by atoms with Gasteiger partial charge in [0.2, 0.25) is 5.91 Å². The summed E-state index contributed by atoms with van der Waals surface area (Å²) in [6.45, 7) is 6.64. The van der Waals surface area contributed by atoms with E-state index in [1.807, 2.05) is 38.1 Å². The van der Waals surface area contributed by atoms with Crippen LogP contribution in [0, 0.1) is 5.82 Å². The third kappa shape index (κ3) is 3.36. The first-order chi connectivity index (χ1) is 13.5. The number of amides is 1. The van der Waals surface area contributed by atoms with Crippen LogP contribution >= 0.6 is 0 Å². The Hall–Kier alpha value is -2.86. The number of anilines is 2. The van der Waals surface area contributed by atoms with Crippen LogP contribution in [0.25, 0.3) is 10.9 Å². The molecule has 0 saturated carbocycles. The number of nitrogens with zero attached hydrogens (tertiary/aromatic N) is 1. The van der Waals surface area contributed by atoms with Crippen molar-refractivity contribution >= 4 is 28.2 Å². The van der Waals surface area contributed by atoms with Crippen LogP contribution in [-0.2, 0) is 14.9 Å². The van der Waals surface area contributed by atoms with E-state index in [2.05, 4.69) is 15.2 Å². The highest BCUT2D eigenvalue weighted by Crippen LogP contribution is 2.34. The van der Waals surface area contributed by atoms with Crippen molar-refractivity contribution in [3.05, 3.63) is 60.0 Å². The Morgan fingerprint density at radius 3 is 2.71 bits per heavy atom. The average molecular weight is 381 g/mol. The van der Waals surface area contributed by atoms with Crippen molar-refractivity contribution in [2.24, 2.45) is 0 Å².